The van der Waals surface area contributed by atoms with Crippen LogP contribution in [0, 0.1) is 5.92 Å². The van der Waals surface area contributed by atoms with E-state index in [1.807, 2.05) is 54.6 Å². The van der Waals surface area contributed by atoms with E-state index in [0.717, 1.165) is 11.1 Å². The van der Waals surface area contributed by atoms with E-state index in [-0.39, 0.29) is 11.9 Å². The third-order valence-corrected chi connectivity index (χ3v) is 3.61. The van der Waals surface area contributed by atoms with Gasteiger partial charge in [-0.2, -0.15) is 0 Å². The Hall–Kier alpha value is -2.13. The molecule has 116 valence electrons. The summed E-state index contributed by atoms with van der Waals surface area (Å²) in [5.41, 5.74) is 2.78. The van der Waals surface area contributed by atoms with Gasteiger partial charge in [-0.25, -0.2) is 0 Å². The molecule has 0 saturated heterocycles. The summed E-state index contributed by atoms with van der Waals surface area (Å²) in [4.78, 5) is 12.5. The molecule has 1 amide bonds. The number of carbonyl (C=O) groups is 1. The second-order valence-corrected chi connectivity index (χ2v) is 5.74. The number of methoxy groups -OCH3 is 1. The number of nitrogens with one attached hydrogen (secondary N) is 1. The van der Waals surface area contributed by atoms with Crippen molar-refractivity contribution in [1.29, 1.82) is 0 Å². The first-order valence-electron chi connectivity index (χ1n) is 7.55. The van der Waals surface area contributed by atoms with Crippen LogP contribution in [0.2, 0.25) is 0 Å². The zero-order chi connectivity index (χ0) is 15.9. The first kappa shape index (κ1) is 16.2. The highest BCUT2D eigenvalue weighted by Crippen LogP contribution is 2.22. The summed E-state index contributed by atoms with van der Waals surface area (Å²) in [6.45, 7) is 4.73. The lowest BCUT2D eigenvalue weighted by Crippen LogP contribution is -2.31. The van der Waals surface area contributed by atoms with Crippen molar-refractivity contribution in [2.24, 2.45) is 5.92 Å². The predicted molar refractivity (Wildman–Crippen MR) is 88.6 cm³/mol. The Labute approximate surface area is 132 Å². The van der Waals surface area contributed by atoms with Crippen LogP contribution in [0.5, 0.6) is 0 Å². The normalized spacial score (nSPS) is 12.2. The minimum atomic E-state index is -0.0551. The molecule has 2 aromatic carbocycles. The third-order valence-electron chi connectivity index (χ3n) is 3.61. The van der Waals surface area contributed by atoms with Gasteiger partial charge in [0.05, 0.1) is 12.6 Å². The van der Waals surface area contributed by atoms with Crippen LogP contribution in [0.3, 0.4) is 0 Å². The van der Waals surface area contributed by atoms with Crippen LogP contribution in [0.1, 0.15) is 41.4 Å². The molecule has 0 saturated carbocycles. The molecule has 1 N–H and O–H groups in total. The van der Waals surface area contributed by atoms with Crippen molar-refractivity contribution in [3.05, 3.63) is 71.3 Å². The van der Waals surface area contributed by atoms with Crippen LogP contribution >= 0.6 is 0 Å². The van der Waals surface area contributed by atoms with E-state index in [1.54, 1.807) is 7.11 Å². The number of hydrogen-bond acceptors (Lipinski definition) is 2. The van der Waals surface area contributed by atoms with Crippen LogP contribution in [0.15, 0.2) is 54.6 Å². The summed E-state index contributed by atoms with van der Waals surface area (Å²) in [6, 6.07) is 17.6. The molecule has 0 aliphatic rings. The van der Waals surface area contributed by atoms with Gasteiger partial charge < -0.3 is 10.1 Å². The molecule has 22 heavy (non-hydrogen) atoms. The van der Waals surface area contributed by atoms with Crippen molar-refractivity contribution in [3.8, 4) is 0 Å². The van der Waals surface area contributed by atoms with Gasteiger partial charge in [0.2, 0.25) is 0 Å². The summed E-state index contributed by atoms with van der Waals surface area (Å²) >= 11 is 0. The Bertz CT molecular complexity index is 608. The van der Waals surface area contributed by atoms with Gasteiger partial charge in [0.25, 0.3) is 5.91 Å². The van der Waals surface area contributed by atoms with Crippen molar-refractivity contribution < 1.29 is 9.53 Å². The van der Waals surface area contributed by atoms with Crippen molar-refractivity contribution in [2.45, 2.75) is 26.5 Å². The van der Waals surface area contributed by atoms with E-state index < -0.39 is 0 Å². The fraction of sp³-hybridized carbons (Fsp3) is 0.316. The topological polar surface area (TPSA) is 38.3 Å². The number of benzene rings is 2. The average Bonchev–Trinajstić information content (AvgIpc) is 2.53. The molecule has 3 heteroatoms. The summed E-state index contributed by atoms with van der Waals surface area (Å²) < 4.78 is 5.12. The molecule has 1 atom stereocenters. The summed E-state index contributed by atoms with van der Waals surface area (Å²) in [7, 11) is 1.65. The summed E-state index contributed by atoms with van der Waals surface area (Å²) in [5.74, 6) is 0.258. The Morgan fingerprint density at radius 2 is 1.82 bits per heavy atom. The van der Waals surface area contributed by atoms with Crippen molar-refractivity contribution in [3.63, 3.8) is 0 Å². The molecule has 0 bridgehead atoms. The Balaban J connectivity index is 2.16. The molecule has 0 heterocycles. The average molecular weight is 297 g/mol. The lowest BCUT2D eigenvalue weighted by Gasteiger charge is -2.23. The van der Waals surface area contributed by atoms with E-state index in [1.165, 1.54) is 0 Å². The number of carbonyl (C=O) groups excluding carboxylic acids is 1. The van der Waals surface area contributed by atoms with Crippen molar-refractivity contribution in [2.75, 3.05) is 7.11 Å². The molecule has 1 unspecified atom stereocenters. The number of ether oxygens (including phenoxy) is 1. The van der Waals surface area contributed by atoms with Crippen molar-refractivity contribution in [1.82, 2.24) is 5.32 Å². The van der Waals surface area contributed by atoms with Crippen LogP contribution in [-0.4, -0.2) is 13.0 Å². The molecule has 0 aliphatic carbocycles. The van der Waals surface area contributed by atoms with Crippen LogP contribution in [-0.2, 0) is 11.3 Å². The molecule has 0 aromatic heterocycles. The smallest absolute Gasteiger partial charge is 0.251 e. The molecule has 0 spiro atoms. The van der Waals surface area contributed by atoms with E-state index in [0.29, 0.717) is 18.1 Å². The van der Waals surface area contributed by atoms with Crippen LogP contribution < -0.4 is 5.32 Å². The Kier molecular flexibility index (Phi) is 5.73. The number of rotatable bonds is 6. The van der Waals surface area contributed by atoms with E-state index in [2.05, 4.69) is 19.2 Å². The zero-order valence-corrected chi connectivity index (χ0v) is 13.4. The van der Waals surface area contributed by atoms with Gasteiger partial charge in [-0.3, -0.25) is 4.79 Å². The van der Waals surface area contributed by atoms with Crippen molar-refractivity contribution >= 4 is 5.91 Å². The fourth-order valence-corrected chi connectivity index (χ4v) is 2.49. The fourth-order valence-electron chi connectivity index (χ4n) is 2.49. The molecular formula is C19H23NO2. The first-order chi connectivity index (χ1) is 10.6. The standard InChI is InChI=1S/C19H23NO2/c1-14(2)18(16-9-5-4-6-10-16)20-19(21)17-11-7-8-15(12-17)13-22-3/h4-12,14,18H,13H2,1-3H3,(H,20,21). The highest BCUT2D eigenvalue weighted by molar-refractivity contribution is 5.94. The van der Waals surface area contributed by atoms with Gasteiger partial charge in [-0.1, -0.05) is 56.3 Å². The quantitative estimate of drug-likeness (QED) is 0.876. The maximum Gasteiger partial charge on any atom is 0.251 e. The molecule has 0 radical (unpaired) electrons. The number of amides is 1. The minimum absolute atomic E-state index is 0.000203. The van der Waals surface area contributed by atoms with E-state index in [9.17, 15) is 4.79 Å². The molecule has 0 aliphatic heterocycles. The highest BCUT2D eigenvalue weighted by atomic mass is 16.5. The number of hydrogen-bond donors (Lipinski definition) is 1. The largest absolute Gasteiger partial charge is 0.380 e. The summed E-state index contributed by atoms with van der Waals surface area (Å²) in [5, 5.41) is 3.14. The zero-order valence-electron chi connectivity index (χ0n) is 13.4. The summed E-state index contributed by atoms with van der Waals surface area (Å²) in [6.07, 6.45) is 0. The Morgan fingerprint density at radius 1 is 1.09 bits per heavy atom. The van der Waals surface area contributed by atoms with Gasteiger partial charge in [0.1, 0.15) is 0 Å². The van der Waals surface area contributed by atoms with Gasteiger partial charge in [-0.15, -0.1) is 0 Å². The minimum Gasteiger partial charge on any atom is -0.380 e. The molecular weight excluding hydrogens is 274 g/mol. The maximum absolute atomic E-state index is 12.5. The molecule has 3 nitrogen and oxygen atoms in total. The maximum atomic E-state index is 12.5. The lowest BCUT2D eigenvalue weighted by molar-refractivity contribution is 0.0925. The van der Waals surface area contributed by atoms with Crippen LogP contribution in [0.4, 0.5) is 0 Å². The van der Waals surface area contributed by atoms with Crippen LogP contribution in [0.25, 0.3) is 0 Å². The first-order valence-corrected chi connectivity index (χ1v) is 7.55. The van der Waals surface area contributed by atoms with Gasteiger partial charge in [-0.05, 0) is 29.2 Å². The molecule has 2 rings (SSSR count). The second-order valence-electron chi connectivity index (χ2n) is 5.74. The predicted octanol–water partition coefficient (Wildman–Crippen LogP) is 3.96. The Morgan fingerprint density at radius 3 is 2.45 bits per heavy atom. The monoisotopic (exact) mass is 297 g/mol. The SMILES string of the molecule is COCc1cccc(C(=O)NC(c2ccccc2)C(C)C)c1. The van der Waals surface area contributed by atoms with Gasteiger partial charge >= 0.3 is 0 Å². The second kappa shape index (κ2) is 7.76. The van der Waals surface area contributed by atoms with Gasteiger partial charge in [0, 0.05) is 12.7 Å². The van der Waals surface area contributed by atoms with E-state index in [4.69, 9.17) is 4.74 Å². The van der Waals surface area contributed by atoms with Gasteiger partial charge in [0.15, 0.2) is 0 Å². The molecule has 0 fully saturated rings. The third kappa shape index (κ3) is 4.18. The molecule has 2 aromatic rings. The lowest BCUT2D eigenvalue weighted by atomic mass is 9.95. The van der Waals surface area contributed by atoms with E-state index >= 15 is 0 Å². The highest BCUT2D eigenvalue weighted by Gasteiger charge is 2.19.